The van der Waals surface area contributed by atoms with E-state index in [2.05, 4.69) is 33.0 Å². The lowest BCUT2D eigenvalue weighted by molar-refractivity contribution is -0.0847. The summed E-state index contributed by atoms with van der Waals surface area (Å²) >= 11 is 0. The van der Waals surface area contributed by atoms with Crippen LogP contribution in [0.2, 0.25) is 0 Å². The number of hydrogen-bond acceptors (Lipinski definition) is 1. The molecule has 0 aromatic carbocycles. The molecule has 88 valence electrons. The minimum atomic E-state index is 0.548. The van der Waals surface area contributed by atoms with Gasteiger partial charge in [-0.1, -0.05) is 34.1 Å². The summed E-state index contributed by atoms with van der Waals surface area (Å²) in [7, 11) is 0. The predicted molar refractivity (Wildman–Crippen MR) is 65.9 cm³/mol. The Bertz CT molecular complexity index is 205. The molecule has 1 saturated carbocycles. The molecule has 1 heterocycles. The van der Waals surface area contributed by atoms with E-state index in [1.165, 1.54) is 38.6 Å². The van der Waals surface area contributed by atoms with Crippen LogP contribution in [0.5, 0.6) is 0 Å². The third-order valence-corrected chi connectivity index (χ3v) is 5.22. The highest BCUT2D eigenvalue weighted by Crippen LogP contribution is 2.59. The summed E-state index contributed by atoms with van der Waals surface area (Å²) in [6, 6.07) is 0. The van der Waals surface area contributed by atoms with Gasteiger partial charge in [-0.25, -0.2) is 0 Å². The third-order valence-electron chi connectivity index (χ3n) is 5.22. The zero-order chi connectivity index (χ0) is 11.1. The van der Waals surface area contributed by atoms with Crippen molar-refractivity contribution >= 4 is 0 Å². The molecule has 1 spiro atoms. The van der Waals surface area contributed by atoms with Gasteiger partial charge in [0.2, 0.25) is 0 Å². The average Bonchev–Trinajstić information content (AvgIpc) is 2.14. The lowest BCUT2D eigenvalue weighted by Crippen LogP contribution is -2.65. The number of hydrogen-bond donors (Lipinski definition) is 1. The molecule has 1 aliphatic heterocycles. The molecule has 1 nitrogen and oxygen atoms in total. The van der Waals surface area contributed by atoms with E-state index < -0.39 is 0 Å². The second kappa shape index (κ2) is 3.76. The summed E-state index contributed by atoms with van der Waals surface area (Å²) in [6.45, 7) is 10.9. The third kappa shape index (κ3) is 1.73. The van der Waals surface area contributed by atoms with Gasteiger partial charge >= 0.3 is 0 Å². The highest BCUT2D eigenvalue weighted by molar-refractivity contribution is 5.11. The van der Waals surface area contributed by atoms with Crippen LogP contribution in [0.4, 0.5) is 0 Å². The van der Waals surface area contributed by atoms with Crippen molar-refractivity contribution < 1.29 is 0 Å². The fourth-order valence-electron chi connectivity index (χ4n) is 4.02. The Labute approximate surface area is 95.0 Å². The second-order valence-electron chi connectivity index (χ2n) is 6.56. The lowest BCUT2D eigenvalue weighted by Gasteiger charge is -2.62. The molecule has 2 fully saturated rings. The molecular formula is C14H27N. The first-order valence-electron chi connectivity index (χ1n) is 6.76. The van der Waals surface area contributed by atoms with Gasteiger partial charge in [-0.05, 0) is 49.5 Å². The van der Waals surface area contributed by atoms with Crippen molar-refractivity contribution in [3.05, 3.63) is 0 Å². The fourth-order valence-corrected chi connectivity index (χ4v) is 4.02. The minimum Gasteiger partial charge on any atom is -0.311 e. The van der Waals surface area contributed by atoms with Gasteiger partial charge in [0.05, 0.1) is 0 Å². The number of piperidine rings is 1. The number of rotatable bonds is 2. The molecule has 0 bridgehead atoms. The van der Waals surface area contributed by atoms with Crippen LogP contribution in [0.25, 0.3) is 0 Å². The Kier molecular flexibility index (Phi) is 2.87. The first kappa shape index (κ1) is 11.4. The first-order chi connectivity index (χ1) is 7.01. The van der Waals surface area contributed by atoms with Crippen molar-refractivity contribution in [1.29, 1.82) is 0 Å². The molecule has 0 unspecified atom stereocenters. The molecule has 1 N–H and O–H groups in total. The van der Waals surface area contributed by atoms with E-state index in [0.29, 0.717) is 11.0 Å². The van der Waals surface area contributed by atoms with Crippen molar-refractivity contribution in [2.45, 2.75) is 65.3 Å². The Morgan fingerprint density at radius 2 is 1.53 bits per heavy atom. The van der Waals surface area contributed by atoms with Crippen LogP contribution < -0.4 is 5.32 Å². The van der Waals surface area contributed by atoms with Crippen molar-refractivity contribution in [2.75, 3.05) is 6.54 Å². The Balaban J connectivity index is 2.04. The summed E-state index contributed by atoms with van der Waals surface area (Å²) in [6.07, 6.45) is 7.11. The Morgan fingerprint density at radius 1 is 0.933 bits per heavy atom. The summed E-state index contributed by atoms with van der Waals surface area (Å²) < 4.78 is 0. The van der Waals surface area contributed by atoms with Crippen LogP contribution >= 0.6 is 0 Å². The molecule has 2 rings (SSSR count). The SMILES string of the molecule is CC(C)C1(C(C)C)CC2(CCCCN2)C1. The van der Waals surface area contributed by atoms with Crippen LogP contribution in [0.1, 0.15) is 59.8 Å². The van der Waals surface area contributed by atoms with E-state index in [9.17, 15) is 0 Å². The highest BCUT2D eigenvalue weighted by Gasteiger charge is 2.56. The van der Waals surface area contributed by atoms with Crippen molar-refractivity contribution in [3.63, 3.8) is 0 Å². The predicted octanol–water partition coefficient (Wildman–Crippen LogP) is 3.59. The average molecular weight is 209 g/mol. The molecule has 1 saturated heterocycles. The van der Waals surface area contributed by atoms with E-state index in [-0.39, 0.29) is 0 Å². The van der Waals surface area contributed by atoms with Gasteiger partial charge < -0.3 is 5.32 Å². The summed E-state index contributed by atoms with van der Waals surface area (Å²) in [5.74, 6) is 1.68. The van der Waals surface area contributed by atoms with Crippen LogP contribution in [0.15, 0.2) is 0 Å². The van der Waals surface area contributed by atoms with Crippen molar-refractivity contribution in [3.8, 4) is 0 Å². The molecule has 0 atom stereocenters. The summed E-state index contributed by atoms with van der Waals surface area (Å²) in [4.78, 5) is 0. The standard InChI is InChI=1S/C14H27N/c1-11(2)14(12(3)4)9-13(10-14)7-5-6-8-15-13/h11-12,15H,5-10H2,1-4H3. The second-order valence-corrected chi connectivity index (χ2v) is 6.56. The Morgan fingerprint density at radius 3 is 1.93 bits per heavy atom. The van der Waals surface area contributed by atoms with E-state index in [1.54, 1.807) is 0 Å². The van der Waals surface area contributed by atoms with Crippen LogP contribution in [0, 0.1) is 17.3 Å². The summed E-state index contributed by atoms with van der Waals surface area (Å²) in [5.41, 5.74) is 1.18. The smallest absolute Gasteiger partial charge is 0.0192 e. The van der Waals surface area contributed by atoms with Gasteiger partial charge in [-0.2, -0.15) is 0 Å². The van der Waals surface area contributed by atoms with E-state index in [4.69, 9.17) is 0 Å². The highest BCUT2D eigenvalue weighted by atomic mass is 15.0. The molecule has 2 aliphatic rings. The minimum absolute atomic E-state index is 0.548. The van der Waals surface area contributed by atoms with Crippen LogP contribution in [0.3, 0.4) is 0 Å². The van der Waals surface area contributed by atoms with Crippen molar-refractivity contribution in [2.24, 2.45) is 17.3 Å². The normalized spacial score (nSPS) is 28.4. The molecule has 0 radical (unpaired) electrons. The quantitative estimate of drug-likeness (QED) is 0.733. The van der Waals surface area contributed by atoms with Gasteiger partial charge in [-0.15, -0.1) is 0 Å². The van der Waals surface area contributed by atoms with Crippen LogP contribution in [-0.4, -0.2) is 12.1 Å². The molecule has 0 aromatic heterocycles. The molecule has 0 amide bonds. The first-order valence-corrected chi connectivity index (χ1v) is 6.76. The zero-order valence-electron chi connectivity index (χ0n) is 10.9. The summed E-state index contributed by atoms with van der Waals surface area (Å²) in [5, 5.41) is 3.80. The van der Waals surface area contributed by atoms with Gasteiger partial charge in [0.25, 0.3) is 0 Å². The van der Waals surface area contributed by atoms with Gasteiger partial charge in [-0.3, -0.25) is 0 Å². The van der Waals surface area contributed by atoms with Crippen LogP contribution in [-0.2, 0) is 0 Å². The molecule has 0 aromatic rings. The zero-order valence-corrected chi connectivity index (χ0v) is 10.9. The maximum absolute atomic E-state index is 3.80. The van der Waals surface area contributed by atoms with Crippen molar-refractivity contribution in [1.82, 2.24) is 5.32 Å². The maximum Gasteiger partial charge on any atom is 0.0192 e. The number of nitrogens with one attached hydrogen (secondary N) is 1. The molecule has 1 heteroatoms. The van der Waals surface area contributed by atoms with E-state index in [0.717, 1.165) is 11.8 Å². The lowest BCUT2D eigenvalue weighted by atomic mass is 9.47. The maximum atomic E-state index is 3.80. The topological polar surface area (TPSA) is 12.0 Å². The largest absolute Gasteiger partial charge is 0.311 e. The van der Waals surface area contributed by atoms with Gasteiger partial charge in [0.1, 0.15) is 0 Å². The van der Waals surface area contributed by atoms with E-state index in [1.807, 2.05) is 0 Å². The fraction of sp³-hybridized carbons (Fsp3) is 1.00. The molecule has 1 aliphatic carbocycles. The Hall–Kier alpha value is -0.0400. The monoisotopic (exact) mass is 209 g/mol. The molecular weight excluding hydrogens is 182 g/mol. The van der Waals surface area contributed by atoms with E-state index >= 15 is 0 Å². The van der Waals surface area contributed by atoms with Gasteiger partial charge in [0.15, 0.2) is 0 Å². The van der Waals surface area contributed by atoms with Gasteiger partial charge in [0, 0.05) is 5.54 Å². The molecule has 15 heavy (non-hydrogen) atoms.